The number of nitrogens with zero attached hydrogens (tertiary/aromatic N) is 1. The molecule has 1 amide bonds. The van der Waals surface area contributed by atoms with Crippen LogP contribution in [-0.2, 0) is 16.0 Å². The average Bonchev–Trinajstić information content (AvgIpc) is 3.08. The van der Waals surface area contributed by atoms with Gasteiger partial charge in [-0.1, -0.05) is 29.3 Å². The van der Waals surface area contributed by atoms with Crippen molar-refractivity contribution in [1.82, 2.24) is 5.32 Å². The van der Waals surface area contributed by atoms with E-state index in [0.717, 1.165) is 0 Å². The number of hydrogen-bond donors (Lipinski definition) is 2. The number of rotatable bonds is 8. The zero-order valence-electron chi connectivity index (χ0n) is 16.9. The Hall–Kier alpha value is -2.94. The maximum Gasteiger partial charge on any atom is 0.341 e. The molecule has 0 spiro atoms. The molecule has 7 nitrogen and oxygen atoms in total. The van der Waals surface area contributed by atoms with Crippen LogP contribution in [0.4, 0.5) is 5.69 Å². The lowest BCUT2D eigenvalue weighted by Gasteiger charge is -2.14. The second-order valence-corrected chi connectivity index (χ2v) is 8.31. The number of benzene rings is 2. The van der Waals surface area contributed by atoms with Gasteiger partial charge in [0.1, 0.15) is 0 Å². The molecule has 1 heterocycles. The van der Waals surface area contributed by atoms with E-state index in [-0.39, 0.29) is 5.91 Å². The molecular formula is C22H18Cl2N2O5S. The summed E-state index contributed by atoms with van der Waals surface area (Å²) in [5.41, 5.74) is 1.91. The summed E-state index contributed by atoms with van der Waals surface area (Å²) >= 11 is 13.1. The van der Waals surface area contributed by atoms with Gasteiger partial charge in [-0.2, -0.15) is 0 Å². The van der Waals surface area contributed by atoms with Crippen molar-refractivity contribution in [2.24, 2.45) is 4.99 Å². The third kappa shape index (κ3) is 5.85. The number of carboxylic acid groups (broad SMARTS) is 1. The molecule has 0 bridgehead atoms. The summed E-state index contributed by atoms with van der Waals surface area (Å²) < 4.78 is 10.8. The molecule has 0 unspecified atom stereocenters. The molecule has 10 heteroatoms. The zero-order valence-corrected chi connectivity index (χ0v) is 19.2. The highest BCUT2D eigenvalue weighted by Gasteiger charge is 2.24. The summed E-state index contributed by atoms with van der Waals surface area (Å²) in [6, 6.07) is 8.38. The Bertz CT molecular complexity index is 1150. The fourth-order valence-electron chi connectivity index (χ4n) is 2.83. The number of hydrogen-bond acceptors (Lipinski definition) is 6. The number of thioether (sulfide) groups is 1. The second-order valence-electron chi connectivity index (χ2n) is 6.47. The minimum Gasteiger partial charge on any atom is -0.493 e. The van der Waals surface area contributed by atoms with Gasteiger partial charge in [0, 0.05) is 5.56 Å². The number of carbonyl (C=O) groups excluding carboxylic acids is 1. The van der Waals surface area contributed by atoms with Gasteiger partial charge in [0.2, 0.25) is 0 Å². The minimum absolute atomic E-state index is 0.302. The lowest BCUT2D eigenvalue weighted by molar-refractivity contribution is -0.139. The summed E-state index contributed by atoms with van der Waals surface area (Å²) in [6.45, 7) is 3.22. The van der Waals surface area contributed by atoms with Crippen molar-refractivity contribution in [3.05, 3.63) is 69.1 Å². The molecule has 1 aliphatic rings. The van der Waals surface area contributed by atoms with Crippen LogP contribution in [0.25, 0.3) is 6.08 Å². The van der Waals surface area contributed by atoms with Crippen LogP contribution in [-0.4, -0.2) is 35.9 Å². The molecule has 0 atom stereocenters. The molecule has 2 aromatic carbocycles. The Labute approximate surface area is 198 Å². The molecular weight excluding hydrogens is 475 g/mol. The van der Waals surface area contributed by atoms with Crippen molar-refractivity contribution >= 4 is 63.8 Å². The third-order valence-corrected chi connectivity index (χ3v) is 5.81. The molecule has 166 valence electrons. The van der Waals surface area contributed by atoms with Crippen LogP contribution in [0.1, 0.15) is 11.1 Å². The standard InChI is InChI=1S/C22H18Cl2N2O5S/c1-3-4-13-7-12(8-17(30-2)20(13)31-11-19(27)28)9-18-21(29)26-22(32-18)25-14-5-6-15(23)16(24)10-14/h3,5-10H,1,4,11H2,2H3,(H,27,28)(H,25,26,29)/b18-9-. The largest absolute Gasteiger partial charge is 0.493 e. The van der Waals surface area contributed by atoms with Gasteiger partial charge >= 0.3 is 5.97 Å². The van der Waals surface area contributed by atoms with Gasteiger partial charge in [-0.15, -0.1) is 6.58 Å². The van der Waals surface area contributed by atoms with Gasteiger partial charge in [0.15, 0.2) is 23.3 Å². The molecule has 1 aliphatic heterocycles. The molecule has 32 heavy (non-hydrogen) atoms. The summed E-state index contributed by atoms with van der Waals surface area (Å²) in [5.74, 6) is -0.729. The first-order chi connectivity index (χ1) is 15.3. The van der Waals surface area contributed by atoms with Crippen LogP contribution in [0, 0.1) is 0 Å². The van der Waals surface area contributed by atoms with Crippen LogP contribution >= 0.6 is 35.0 Å². The first-order valence-electron chi connectivity index (χ1n) is 9.21. The van der Waals surface area contributed by atoms with E-state index in [1.807, 2.05) is 0 Å². The predicted octanol–water partition coefficient (Wildman–Crippen LogP) is 5.09. The van der Waals surface area contributed by atoms with E-state index >= 15 is 0 Å². The zero-order chi connectivity index (χ0) is 23.3. The topological polar surface area (TPSA) is 97.2 Å². The first-order valence-corrected chi connectivity index (χ1v) is 10.8. The van der Waals surface area contributed by atoms with E-state index in [9.17, 15) is 9.59 Å². The number of halogens is 2. The Morgan fingerprint density at radius 3 is 2.72 bits per heavy atom. The number of aliphatic carboxylic acids is 1. The van der Waals surface area contributed by atoms with Gasteiger partial charge in [0.25, 0.3) is 5.91 Å². The molecule has 1 saturated heterocycles. The van der Waals surface area contributed by atoms with Crippen molar-refractivity contribution in [2.75, 3.05) is 13.7 Å². The van der Waals surface area contributed by atoms with Crippen LogP contribution in [0.2, 0.25) is 10.0 Å². The first kappa shape index (κ1) is 23.7. The highest BCUT2D eigenvalue weighted by atomic mass is 35.5. The Morgan fingerprint density at radius 1 is 1.28 bits per heavy atom. The van der Waals surface area contributed by atoms with E-state index in [2.05, 4.69) is 16.9 Å². The number of amides is 1. The smallest absolute Gasteiger partial charge is 0.341 e. The van der Waals surface area contributed by atoms with E-state index in [0.29, 0.717) is 54.9 Å². The van der Waals surface area contributed by atoms with E-state index in [1.54, 1.807) is 42.5 Å². The number of amidine groups is 1. The Kier molecular flexibility index (Phi) is 7.84. The number of nitrogens with one attached hydrogen (secondary N) is 1. The quantitative estimate of drug-likeness (QED) is 0.393. The molecule has 0 saturated carbocycles. The summed E-state index contributed by atoms with van der Waals surface area (Å²) in [6.07, 6.45) is 3.78. The summed E-state index contributed by atoms with van der Waals surface area (Å²) in [7, 11) is 1.45. The second kappa shape index (κ2) is 10.6. The number of ether oxygens (including phenoxy) is 2. The molecule has 2 N–H and O–H groups in total. The number of allylic oxidation sites excluding steroid dienone is 1. The van der Waals surface area contributed by atoms with Gasteiger partial charge < -0.3 is 19.9 Å². The van der Waals surface area contributed by atoms with Gasteiger partial charge in [-0.3, -0.25) is 4.79 Å². The monoisotopic (exact) mass is 492 g/mol. The van der Waals surface area contributed by atoms with E-state index < -0.39 is 12.6 Å². The lowest BCUT2D eigenvalue weighted by atomic mass is 10.0. The molecule has 0 aliphatic carbocycles. The van der Waals surface area contributed by atoms with Crippen molar-refractivity contribution in [2.45, 2.75) is 6.42 Å². The Morgan fingerprint density at radius 2 is 2.06 bits per heavy atom. The highest BCUT2D eigenvalue weighted by molar-refractivity contribution is 8.18. The minimum atomic E-state index is -1.10. The maximum absolute atomic E-state index is 12.4. The average molecular weight is 493 g/mol. The normalized spacial score (nSPS) is 15.7. The fraction of sp³-hybridized carbons (Fsp3) is 0.136. The van der Waals surface area contributed by atoms with Crippen molar-refractivity contribution in [3.63, 3.8) is 0 Å². The lowest BCUT2D eigenvalue weighted by Crippen LogP contribution is -2.19. The number of carboxylic acids is 1. The van der Waals surface area contributed by atoms with Crippen LogP contribution in [0.3, 0.4) is 0 Å². The molecule has 0 aromatic heterocycles. The predicted molar refractivity (Wildman–Crippen MR) is 127 cm³/mol. The summed E-state index contributed by atoms with van der Waals surface area (Å²) in [4.78, 5) is 28.2. The van der Waals surface area contributed by atoms with Gasteiger partial charge in [0.05, 0.1) is 27.7 Å². The summed E-state index contributed by atoms with van der Waals surface area (Å²) in [5, 5.41) is 12.8. The molecule has 2 aromatic rings. The fourth-order valence-corrected chi connectivity index (χ4v) is 3.96. The van der Waals surface area contributed by atoms with Crippen LogP contribution < -0.4 is 14.8 Å². The molecule has 3 rings (SSSR count). The highest BCUT2D eigenvalue weighted by Crippen LogP contribution is 2.36. The van der Waals surface area contributed by atoms with E-state index in [1.165, 1.54) is 18.9 Å². The number of carbonyl (C=O) groups is 2. The van der Waals surface area contributed by atoms with Crippen molar-refractivity contribution in [1.29, 1.82) is 0 Å². The van der Waals surface area contributed by atoms with Crippen LogP contribution in [0.5, 0.6) is 11.5 Å². The van der Waals surface area contributed by atoms with Crippen LogP contribution in [0.15, 0.2) is 52.9 Å². The van der Waals surface area contributed by atoms with E-state index in [4.69, 9.17) is 37.8 Å². The maximum atomic E-state index is 12.4. The van der Waals surface area contributed by atoms with Crippen molar-refractivity contribution in [3.8, 4) is 11.5 Å². The number of aliphatic imine (C=N–C) groups is 1. The Balaban J connectivity index is 1.91. The van der Waals surface area contributed by atoms with Gasteiger partial charge in [-0.25, -0.2) is 9.79 Å². The number of methoxy groups -OCH3 is 1. The molecule has 1 fully saturated rings. The SMILES string of the molecule is C=CCc1cc(/C=C2\SC(=Nc3ccc(Cl)c(Cl)c3)NC2=O)cc(OC)c1OCC(=O)O. The van der Waals surface area contributed by atoms with Gasteiger partial charge in [-0.05, 0) is 60.2 Å². The molecule has 0 radical (unpaired) electrons. The van der Waals surface area contributed by atoms with Crippen molar-refractivity contribution < 1.29 is 24.2 Å². The third-order valence-electron chi connectivity index (χ3n) is 4.16.